The molecule has 0 N–H and O–H groups in total. The molecule has 0 saturated heterocycles. The van der Waals surface area contributed by atoms with E-state index >= 15 is 0 Å². The fourth-order valence-corrected chi connectivity index (χ4v) is 2.47. The maximum absolute atomic E-state index is 12.9. The standard InChI is InChI=1S/C21H22O6/c1-25-17-13-11-16(12-14-17)21(20(24)15-7-4-3-5-8-15)27-19(23)10-6-9-18(22)26-2/h3-5,7-8,11-14,21H,6,9-10H2,1-2H3. The number of rotatable bonds is 9. The molecule has 2 aromatic rings. The molecule has 0 aliphatic carbocycles. The Morgan fingerprint density at radius 1 is 0.852 bits per heavy atom. The number of carbonyl (C=O) groups is 3. The van der Waals surface area contributed by atoms with Gasteiger partial charge >= 0.3 is 11.9 Å². The Balaban J connectivity index is 2.15. The number of esters is 2. The van der Waals surface area contributed by atoms with Gasteiger partial charge in [0, 0.05) is 24.0 Å². The molecule has 0 aliphatic rings. The highest BCUT2D eigenvalue weighted by atomic mass is 16.5. The monoisotopic (exact) mass is 370 g/mol. The molecule has 0 heterocycles. The Labute approximate surface area is 158 Å². The quantitative estimate of drug-likeness (QED) is 0.496. The lowest BCUT2D eigenvalue weighted by atomic mass is 9.99. The summed E-state index contributed by atoms with van der Waals surface area (Å²) in [5, 5.41) is 0. The van der Waals surface area contributed by atoms with E-state index in [-0.39, 0.29) is 18.6 Å². The molecule has 142 valence electrons. The molecule has 0 aliphatic heterocycles. The molecule has 27 heavy (non-hydrogen) atoms. The van der Waals surface area contributed by atoms with Gasteiger partial charge in [-0.05, 0) is 18.6 Å². The van der Waals surface area contributed by atoms with E-state index < -0.39 is 18.0 Å². The van der Waals surface area contributed by atoms with Crippen molar-refractivity contribution in [3.63, 3.8) is 0 Å². The molecule has 0 bridgehead atoms. The number of carbonyl (C=O) groups excluding carboxylic acids is 3. The van der Waals surface area contributed by atoms with Gasteiger partial charge in [0.25, 0.3) is 0 Å². The molecule has 0 radical (unpaired) electrons. The van der Waals surface area contributed by atoms with Crippen LogP contribution >= 0.6 is 0 Å². The van der Waals surface area contributed by atoms with E-state index in [0.29, 0.717) is 23.3 Å². The second-order valence-corrected chi connectivity index (χ2v) is 5.80. The van der Waals surface area contributed by atoms with Crippen LogP contribution in [-0.4, -0.2) is 31.9 Å². The summed E-state index contributed by atoms with van der Waals surface area (Å²) in [5.41, 5.74) is 0.992. The SMILES string of the molecule is COC(=O)CCCC(=O)OC(C(=O)c1ccccc1)c1ccc(OC)cc1. The molecule has 0 saturated carbocycles. The predicted molar refractivity (Wildman–Crippen MR) is 98.5 cm³/mol. The largest absolute Gasteiger partial charge is 0.497 e. The van der Waals surface area contributed by atoms with Crippen LogP contribution in [0.5, 0.6) is 5.75 Å². The molecule has 0 amide bonds. The number of ether oxygens (including phenoxy) is 3. The average Bonchev–Trinajstić information content (AvgIpc) is 2.72. The van der Waals surface area contributed by atoms with Crippen LogP contribution in [-0.2, 0) is 19.1 Å². The zero-order chi connectivity index (χ0) is 19.6. The molecular formula is C21H22O6. The lowest BCUT2D eigenvalue weighted by molar-refractivity contribution is -0.147. The Hall–Kier alpha value is -3.15. The molecule has 2 aromatic carbocycles. The van der Waals surface area contributed by atoms with E-state index in [2.05, 4.69) is 4.74 Å². The number of hydrogen-bond donors (Lipinski definition) is 0. The minimum Gasteiger partial charge on any atom is -0.497 e. The van der Waals surface area contributed by atoms with Gasteiger partial charge in [0.1, 0.15) is 5.75 Å². The molecule has 6 heteroatoms. The van der Waals surface area contributed by atoms with Gasteiger partial charge in [-0.1, -0.05) is 42.5 Å². The molecule has 0 spiro atoms. The molecule has 2 rings (SSSR count). The summed E-state index contributed by atoms with van der Waals surface area (Å²) in [6, 6.07) is 15.4. The maximum Gasteiger partial charge on any atom is 0.306 e. The molecule has 0 fully saturated rings. The lowest BCUT2D eigenvalue weighted by Gasteiger charge is -2.18. The maximum atomic E-state index is 12.9. The summed E-state index contributed by atoms with van der Waals surface area (Å²) in [6.45, 7) is 0. The van der Waals surface area contributed by atoms with Crippen molar-refractivity contribution in [1.82, 2.24) is 0 Å². The second kappa shape index (κ2) is 10.1. The van der Waals surface area contributed by atoms with Crippen LogP contribution in [0.3, 0.4) is 0 Å². The first-order valence-electron chi connectivity index (χ1n) is 8.54. The van der Waals surface area contributed by atoms with Crippen molar-refractivity contribution in [2.24, 2.45) is 0 Å². The fourth-order valence-electron chi connectivity index (χ4n) is 2.47. The first kappa shape index (κ1) is 20.2. The third-order valence-corrected chi connectivity index (χ3v) is 3.95. The molecule has 0 aromatic heterocycles. The Bertz CT molecular complexity index is 767. The van der Waals surface area contributed by atoms with E-state index in [0.717, 1.165) is 0 Å². The summed E-state index contributed by atoms with van der Waals surface area (Å²) < 4.78 is 15.1. The highest BCUT2D eigenvalue weighted by Gasteiger charge is 2.26. The van der Waals surface area contributed by atoms with Crippen molar-refractivity contribution in [2.45, 2.75) is 25.4 Å². The number of methoxy groups -OCH3 is 2. The van der Waals surface area contributed by atoms with Gasteiger partial charge in [0.2, 0.25) is 5.78 Å². The van der Waals surface area contributed by atoms with E-state index in [1.807, 2.05) is 0 Å². The summed E-state index contributed by atoms with van der Waals surface area (Å²) in [4.78, 5) is 36.2. The molecular weight excluding hydrogens is 348 g/mol. The van der Waals surface area contributed by atoms with Crippen LogP contribution in [0, 0.1) is 0 Å². The van der Waals surface area contributed by atoms with Crippen molar-refractivity contribution in [3.05, 3.63) is 65.7 Å². The van der Waals surface area contributed by atoms with Crippen molar-refractivity contribution < 1.29 is 28.6 Å². The van der Waals surface area contributed by atoms with E-state index in [9.17, 15) is 14.4 Å². The molecule has 1 unspecified atom stereocenters. The van der Waals surface area contributed by atoms with E-state index in [4.69, 9.17) is 9.47 Å². The van der Waals surface area contributed by atoms with Crippen LogP contribution < -0.4 is 4.74 Å². The van der Waals surface area contributed by atoms with Crippen molar-refractivity contribution in [3.8, 4) is 5.75 Å². The van der Waals surface area contributed by atoms with Crippen LogP contribution in [0.15, 0.2) is 54.6 Å². The highest BCUT2D eigenvalue weighted by molar-refractivity contribution is 6.01. The summed E-state index contributed by atoms with van der Waals surface area (Å²) >= 11 is 0. The summed E-state index contributed by atoms with van der Waals surface area (Å²) in [6.07, 6.45) is -0.640. The normalized spacial score (nSPS) is 11.3. The minimum absolute atomic E-state index is 0.0177. The minimum atomic E-state index is -1.07. The van der Waals surface area contributed by atoms with Gasteiger partial charge in [-0.15, -0.1) is 0 Å². The van der Waals surface area contributed by atoms with Gasteiger partial charge in [0.15, 0.2) is 6.10 Å². The van der Waals surface area contributed by atoms with Crippen LogP contribution in [0.2, 0.25) is 0 Å². The fraction of sp³-hybridized carbons (Fsp3) is 0.286. The zero-order valence-corrected chi connectivity index (χ0v) is 15.3. The second-order valence-electron chi connectivity index (χ2n) is 5.80. The highest BCUT2D eigenvalue weighted by Crippen LogP contribution is 2.25. The number of ketones is 1. The summed E-state index contributed by atoms with van der Waals surface area (Å²) in [7, 11) is 2.84. The smallest absolute Gasteiger partial charge is 0.306 e. The molecule has 6 nitrogen and oxygen atoms in total. The Kier molecular flexibility index (Phi) is 7.55. The molecule has 1 atom stereocenters. The van der Waals surface area contributed by atoms with E-state index in [1.165, 1.54) is 7.11 Å². The topological polar surface area (TPSA) is 78.9 Å². The van der Waals surface area contributed by atoms with Gasteiger partial charge < -0.3 is 14.2 Å². The van der Waals surface area contributed by atoms with Gasteiger partial charge in [-0.2, -0.15) is 0 Å². The first-order valence-corrected chi connectivity index (χ1v) is 8.54. The number of Topliss-reactive ketones (excluding diaryl/α,β-unsaturated/α-hetero) is 1. The average molecular weight is 370 g/mol. The Morgan fingerprint density at radius 3 is 2.07 bits per heavy atom. The van der Waals surface area contributed by atoms with Crippen molar-refractivity contribution >= 4 is 17.7 Å². The van der Waals surface area contributed by atoms with Crippen LogP contribution in [0.1, 0.15) is 41.3 Å². The summed E-state index contributed by atoms with van der Waals surface area (Å²) in [5.74, 6) is -0.630. The van der Waals surface area contributed by atoms with E-state index in [1.54, 1.807) is 61.7 Å². The van der Waals surface area contributed by atoms with Crippen LogP contribution in [0.25, 0.3) is 0 Å². The van der Waals surface area contributed by atoms with Gasteiger partial charge in [-0.3, -0.25) is 14.4 Å². The van der Waals surface area contributed by atoms with Crippen LogP contribution in [0.4, 0.5) is 0 Å². The third kappa shape index (κ3) is 5.95. The number of hydrogen-bond acceptors (Lipinski definition) is 6. The number of benzene rings is 2. The third-order valence-electron chi connectivity index (χ3n) is 3.95. The first-order chi connectivity index (χ1) is 13.0. The lowest BCUT2D eigenvalue weighted by Crippen LogP contribution is -2.20. The van der Waals surface area contributed by atoms with Crippen molar-refractivity contribution in [2.75, 3.05) is 14.2 Å². The van der Waals surface area contributed by atoms with Gasteiger partial charge in [-0.25, -0.2) is 0 Å². The van der Waals surface area contributed by atoms with Gasteiger partial charge in [0.05, 0.1) is 14.2 Å². The predicted octanol–water partition coefficient (Wildman–Crippen LogP) is 3.51. The Morgan fingerprint density at radius 2 is 1.48 bits per heavy atom. The van der Waals surface area contributed by atoms with Crippen molar-refractivity contribution in [1.29, 1.82) is 0 Å². The zero-order valence-electron chi connectivity index (χ0n) is 15.3.